The number of aliphatic imine (C=N–C) groups is 1. The zero-order chi connectivity index (χ0) is 27.6. The maximum absolute atomic E-state index is 12.8. The first-order chi connectivity index (χ1) is 18.8. The minimum Gasteiger partial charge on any atom is -0.493 e. The van der Waals surface area contributed by atoms with Crippen LogP contribution in [0.4, 0.5) is 13.2 Å². The van der Waals surface area contributed by atoms with E-state index in [0.717, 1.165) is 42.5 Å². The van der Waals surface area contributed by atoms with Crippen LogP contribution in [0, 0.1) is 0 Å². The van der Waals surface area contributed by atoms with Crippen LogP contribution < -0.4 is 15.0 Å². The lowest BCUT2D eigenvalue weighted by atomic mass is 9.67. The van der Waals surface area contributed by atoms with Crippen LogP contribution in [-0.4, -0.2) is 26.5 Å². The van der Waals surface area contributed by atoms with Gasteiger partial charge in [-0.2, -0.15) is 13.2 Å². The molecule has 39 heavy (non-hydrogen) atoms. The molecule has 0 aromatic heterocycles. The molecule has 1 unspecified atom stereocenters. The Hall–Kier alpha value is -3.78. The molecule has 0 amide bonds. The fraction of sp³-hybridized carbons (Fsp3) is 0.323. The zero-order valence-electron chi connectivity index (χ0n) is 21.9. The number of hydrogen-bond acceptors (Lipinski definition) is 5. The van der Waals surface area contributed by atoms with Gasteiger partial charge in [-0.25, -0.2) is 0 Å². The molecule has 2 aliphatic rings. The largest absolute Gasteiger partial charge is 0.493 e. The Morgan fingerprint density at radius 2 is 1.74 bits per heavy atom. The highest BCUT2D eigenvalue weighted by Gasteiger charge is 2.38. The van der Waals surface area contributed by atoms with E-state index < -0.39 is 11.7 Å². The summed E-state index contributed by atoms with van der Waals surface area (Å²) in [6.07, 6.45) is 0.762. The van der Waals surface area contributed by atoms with Crippen molar-refractivity contribution in [3.63, 3.8) is 0 Å². The predicted molar refractivity (Wildman–Crippen MR) is 145 cm³/mol. The normalized spacial score (nSPS) is 20.1. The van der Waals surface area contributed by atoms with Gasteiger partial charge in [0.05, 0.1) is 38.1 Å². The van der Waals surface area contributed by atoms with E-state index in [-0.39, 0.29) is 24.5 Å². The summed E-state index contributed by atoms with van der Waals surface area (Å²) in [5.74, 6) is 1.88. The molecule has 1 heterocycles. The van der Waals surface area contributed by atoms with Gasteiger partial charge in [0, 0.05) is 12.1 Å². The van der Waals surface area contributed by atoms with Crippen LogP contribution in [0.5, 0.6) is 11.5 Å². The van der Waals surface area contributed by atoms with Gasteiger partial charge in [0.25, 0.3) is 0 Å². The van der Waals surface area contributed by atoms with Crippen LogP contribution in [0.25, 0.3) is 5.70 Å². The van der Waals surface area contributed by atoms with Crippen LogP contribution >= 0.6 is 0 Å². The van der Waals surface area contributed by atoms with E-state index in [2.05, 4.69) is 30.3 Å². The summed E-state index contributed by atoms with van der Waals surface area (Å²) >= 11 is 0. The predicted octanol–water partition coefficient (Wildman–Crippen LogP) is 7.27. The molecule has 1 aliphatic heterocycles. The lowest BCUT2D eigenvalue weighted by Crippen LogP contribution is -2.31. The van der Waals surface area contributed by atoms with Crippen molar-refractivity contribution in [2.75, 3.05) is 14.2 Å². The van der Waals surface area contributed by atoms with Crippen molar-refractivity contribution in [1.82, 2.24) is 5.48 Å². The molecule has 5 nitrogen and oxygen atoms in total. The Morgan fingerprint density at radius 3 is 2.46 bits per heavy atom. The van der Waals surface area contributed by atoms with E-state index in [0.29, 0.717) is 22.8 Å². The third-order valence-electron chi connectivity index (χ3n) is 7.60. The van der Waals surface area contributed by atoms with Gasteiger partial charge in [0.1, 0.15) is 0 Å². The van der Waals surface area contributed by atoms with Crippen LogP contribution in [0.3, 0.4) is 0 Å². The Kier molecular flexibility index (Phi) is 7.66. The number of hydrogen-bond donors (Lipinski definition) is 1. The van der Waals surface area contributed by atoms with Crippen LogP contribution in [0.1, 0.15) is 64.5 Å². The van der Waals surface area contributed by atoms with Gasteiger partial charge in [-0.1, -0.05) is 43.3 Å². The van der Waals surface area contributed by atoms with Gasteiger partial charge in [-0.3, -0.25) is 15.3 Å². The number of ether oxygens (including phenoxy) is 2. The van der Waals surface area contributed by atoms with Crippen molar-refractivity contribution in [3.8, 4) is 11.5 Å². The molecule has 1 fully saturated rings. The van der Waals surface area contributed by atoms with Gasteiger partial charge >= 0.3 is 6.18 Å². The Morgan fingerprint density at radius 1 is 1.00 bits per heavy atom. The number of hydroxylamine groups is 1. The lowest BCUT2D eigenvalue weighted by Gasteiger charge is -2.40. The van der Waals surface area contributed by atoms with E-state index in [1.165, 1.54) is 23.3 Å². The van der Waals surface area contributed by atoms with Crippen LogP contribution in [0.15, 0.2) is 72.2 Å². The average Bonchev–Trinajstić information content (AvgIpc) is 2.95. The Balaban J connectivity index is 1.31. The van der Waals surface area contributed by atoms with Gasteiger partial charge in [0.2, 0.25) is 0 Å². The van der Waals surface area contributed by atoms with Gasteiger partial charge < -0.3 is 9.47 Å². The molecule has 0 bridgehead atoms. The van der Waals surface area contributed by atoms with Gasteiger partial charge in [0.15, 0.2) is 11.5 Å². The highest BCUT2D eigenvalue weighted by Crippen LogP contribution is 2.49. The molecule has 8 heteroatoms. The molecule has 1 aliphatic carbocycles. The lowest BCUT2D eigenvalue weighted by molar-refractivity contribution is -0.137. The average molecular weight is 537 g/mol. The topological polar surface area (TPSA) is 52.1 Å². The molecule has 0 saturated heterocycles. The minimum atomic E-state index is -4.36. The van der Waals surface area contributed by atoms with Crippen molar-refractivity contribution >= 4 is 11.9 Å². The smallest absolute Gasteiger partial charge is 0.416 e. The fourth-order valence-electron chi connectivity index (χ4n) is 5.64. The standard InChI is InChI=1S/C31H31F3N2O3/c1-19(36-39-18-20-10-12-24(13-11-20)31(32,33)34)21-6-4-7-22(14-21)25-8-5-9-27-30(25)26-16-29(38-3)28(37-2)15-23(26)17-35-27/h4,6-7,10-17,25,27,30,36H,1,5,8-9,18H2,2-3H3/t25?,27-,30-/m1/s1. The molecule has 1 saturated carbocycles. The van der Waals surface area contributed by atoms with E-state index in [1.807, 2.05) is 24.4 Å². The molecule has 3 aromatic rings. The van der Waals surface area contributed by atoms with Crippen molar-refractivity contribution in [3.05, 3.63) is 101 Å². The number of rotatable bonds is 8. The molecular weight excluding hydrogens is 505 g/mol. The second kappa shape index (κ2) is 11.1. The molecule has 3 aromatic carbocycles. The van der Waals surface area contributed by atoms with Crippen molar-refractivity contribution in [2.45, 2.75) is 49.9 Å². The number of benzene rings is 3. The second-order valence-corrected chi connectivity index (χ2v) is 9.93. The minimum absolute atomic E-state index is 0.101. The summed E-state index contributed by atoms with van der Waals surface area (Å²) in [6.45, 7) is 4.21. The Bertz CT molecular complexity index is 1370. The summed E-state index contributed by atoms with van der Waals surface area (Å²) in [4.78, 5) is 10.5. The van der Waals surface area contributed by atoms with Crippen LogP contribution in [-0.2, 0) is 17.6 Å². The van der Waals surface area contributed by atoms with Crippen LogP contribution in [0.2, 0.25) is 0 Å². The number of fused-ring (bicyclic) bond motifs is 3. The van der Waals surface area contributed by atoms with E-state index >= 15 is 0 Å². The Labute approximate surface area is 226 Å². The zero-order valence-corrected chi connectivity index (χ0v) is 21.9. The molecule has 1 N–H and O–H groups in total. The van der Waals surface area contributed by atoms with Crippen molar-refractivity contribution in [1.29, 1.82) is 0 Å². The first kappa shape index (κ1) is 26.8. The summed E-state index contributed by atoms with van der Waals surface area (Å²) in [5.41, 5.74) is 7.72. The highest BCUT2D eigenvalue weighted by atomic mass is 19.4. The fourth-order valence-corrected chi connectivity index (χ4v) is 5.64. The number of nitrogens with one attached hydrogen (secondary N) is 1. The second-order valence-electron chi connectivity index (χ2n) is 9.93. The number of halogens is 3. The van der Waals surface area contributed by atoms with E-state index in [1.54, 1.807) is 14.2 Å². The maximum Gasteiger partial charge on any atom is 0.416 e. The maximum atomic E-state index is 12.8. The van der Waals surface area contributed by atoms with Crippen molar-refractivity contribution in [2.24, 2.45) is 4.99 Å². The third-order valence-corrected chi connectivity index (χ3v) is 7.60. The summed E-state index contributed by atoms with van der Waals surface area (Å²) in [5, 5.41) is 0. The third kappa shape index (κ3) is 5.66. The molecule has 3 atom stereocenters. The summed E-state index contributed by atoms with van der Waals surface area (Å²) in [7, 11) is 3.29. The first-order valence-corrected chi connectivity index (χ1v) is 12.9. The first-order valence-electron chi connectivity index (χ1n) is 12.9. The van der Waals surface area contributed by atoms with Gasteiger partial charge in [-0.15, -0.1) is 0 Å². The summed E-state index contributed by atoms with van der Waals surface area (Å²) < 4.78 is 49.5. The molecular formula is C31H31F3N2O3. The molecule has 0 spiro atoms. The summed E-state index contributed by atoms with van der Waals surface area (Å²) in [6, 6.07) is 17.4. The molecule has 0 radical (unpaired) electrons. The van der Waals surface area contributed by atoms with Gasteiger partial charge in [-0.05, 0) is 76.9 Å². The quantitative estimate of drug-likeness (QED) is 0.308. The monoisotopic (exact) mass is 536 g/mol. The highest BCUT2D eigenvalue weighted by molar-refractivity contribution is 5.85. The number of nitrogens with zero attached hydrogens (tertiary/aromatic N) is 1. The number of methoxy groups -OCH3 is 2. The SMILES string of the molecule is C=C(NOCc1ccc(C(F)(F)F)cc1)c1cccc(C2CCC[C@H]3N=Cc4cc(OC)c(OC)cc4[C@@H]23)c1. The van der Waals surface area contributed by atoms with E-state index in [9.17, 15) is 13.2 Å². The van der Waals surface area contributed by atoms with E-state index in [4.69, 9.17) is 19.3 Å². The molecule has 5 rings (SSSR count). The number of alkyl halides is 3. The molecule has 204 valence electrons. The van der Waals surface area contributed by atoms with Crippen molar-refractivity contribution < 1.29 is 27.5 Å².